The van der Waals surface area contributed by atoms with Crippen molar-refractivity contribution >= 4 is 10.8 Å². The molecule has 32 heavy (non-hydrogen) atoms. The molecule has 1 aromatic heterocycles. The number of benzene rings is 3. The lowest BCUT2D eigenvalue weighted by molar-refractivity contribution is 0.182. The summed E-state index contributed by atoms with van der Waals surface area (Å²) < 4.78 is 29.1. The first-order valence-corrected chi connectivity index (χ1v) is 10.7. The lowest BCUT2D eigenvalue weighted by Crippen LogP contribution is -2.35. The summed E-state index contributed by atoms with van der Waals surface area (Å²) in [5.41, 5.74) is 3.05. The molecular formula is C26H23F2N3O. The first kappa shape index (κ1) is 20.5. The van der Waals surface area contributed by atoms with Gasteiger partial charge in [-0.2, -0.15) is 5.10 Å². The van der Waals surface area contributed by atoms with E-state index in [9.17, 15) is 13.6 Å². The Labute approximate surface area is 184 Å². The number of hydrogen-bond donors (Lipinski definition) is 0. The fraction of sp³-hybridized carbons (Fsp3) is 0.231. The van der Waals surface area contributed by atoms with Crippen LogP contribution in [0.2, 0.25) is 0 Å². The topological polar surface area (TPSA) is 38.1 Å². The van der Waals surface area contributed by atoms with Crippen LogP contribution in [-0.2, 0) is 13.2 Å². The van der Waals surface area contributed by atoms with Gasteiger partial charge in [0.2, 0.25) is 0 Å². The van der Waals surface area contributed by atoms with Gasteiger partial charge in [0, 0.05) is 35.2 Å². The number of nitrogens with zero attached hydrogens (tertiary/aromatic N) is 3. The zero-order valence-corrected chi connectivity index (χ0v) is 17.8. The van der Waals surface area contributed by atoms with Crippen LogP contribution in [0.25, 0.3) is 22.0 Å². The van der Waals surface area contributed by atoms with Gasteiger partial charge in [-0.25, -0.2) is 13.5 Å². The molecule has 4 aromatic rings. The molecule has 0 aliphatic heterocycles. The molecule has 1 aliphatic rings. The van der Waals surface area contributed by atoms with Crippen LogP contribution >= 0.6 is 0 Å². The molecule has 5 rings (SSSR count). The van der Waals surface area contributed by atoms with Gasteiger partial charge in [0.25, 0.3) is 5.56 Å². The molecule has 0 atom stereocenters. The maximum Gasteiger partial charge on any atom is 0.275 e. The normalized spacial score (nSPS) is 13.8. The average molecular weight is 431 g/mol. The summed E-state index contributed by atoms with van der Waals surface area (Å²) in [5.74, 6) is -1.17. The Kier molecular flexibility index (Phi) is 5.31. The van der Waals surface area contributed by atoms with Gasteiger partial charge < -0.3 is 0 Å². The van der Waals surface area contributed by atoms with Crippen LogP contribution in [0.4, 0.5) is 8.78 Å². The van der Waals surface area contributed by atoms with Gasteiger partial charge in [0.05, 0.1) is 17.7 Å². The molecule has 0 unspecified atom stereocenters. The van der Waals surface area contributed by atoms with Crippen molar-refractivity contribution in [1.29, 1.82) is 0 Å². The predicted molar refractivity (Wildman–Crippen MR) is 121 cm³/mol. The average Bonchev–Trinajstić information content (AvgIpc) is 3.63. The zero-order chi connectivity index (χ0) is 22.2. The molecule has 4 nitrogen and oxygen atoms in total. The molecular weight excluding hydrogens is 408 g/mol. The van der Waals surface area contributed by atoms with Gasteiger partial charge in [0.15, 0.2) is 0 Å². The Morgan fingerprint density at radius 2 is 1.72 bits per heavy atom. The largest absolute Gasteiger partial charge is 0.277 e. The maximum absolute atomic E-state index is 14.3. The van der Waals surface area contributed by atoms with E-state index in [-0.39, 0.29) is 24.8 Å². The van der Waals surface area contributed by atoms with Crippen LogP contribution in [-0.4, -0.2) is 20.7 Å². The van der Waals surface area contributed by atoms with Crippen LogP contribution in [0.3, 0.4) is 0 Å². The lowest BCUT2D eigenvalue weighted by Gasteiger charge is -2.23. The highest BCUT2D eigenvalue weighted by atomic mass is 19.1. The second-order valence-corrected chi connectivity index (χ2v) is 8.42. The summed E-state index contributed by atoms with van der Waals surface area (Å²) >= 11 is 0. The van der Waals surface area contributed by atoms with E-state index in [2.05, 4.69) is 0 Å². The molecule has 162 valence electrons. The Bertz CT molecular complexity index is 1340. The molecule has 6 heteroatoms. The third-order valence-corrected chi connectivity index (χ3v) is 5.96. The number of fused-ring (bicyclic) bond motifs is 1. The number of hydrogen-bond acceptors (Lipinski definition) is 3. The highest BCUT2D eigenvalue weighted by Gasteiger charge is 2.30. The van der Waals surface area contributed by atoms with Crippen LogP contribution in [0.1, 0.15) is 24.0 Å². The van der Waals surface area contributed by atoms with E-state index in [4.69, 9.17) is 5.10 Å². The summed E-state index contributed by atoms with van der Waals surface area (Å²) in [6.07, 6.45) is 1.96. The second kappa shape index (κ2) is 8.28. The minimum atomic E-state index is -0.598. The van der Waals surface area contributed by atoms with Crippen molar-refractivity contribution in [3.8, 4) is 11.3 Å². The minimum absolute atomic E-state index is 0.179. The standard InChI is InChI=1S/C26H23F2N3O/c1-17-6-8-18(9-7-17)25-22-4-2-3-5-23(22)26(32)31(29-25)16-30(21-12-13-21)15-19-10-11-20(27)14-24(19)28/h2-11,14,21H,12-13,15-16H2,1H3. The highest BCUT2D eigenvalue weighted by Crippen LogP contribution is 2.30. The van der Waals surface area contributed by atoms with Crippen molar-refractivity contribution < 1.29 is 8.78 Å². The van der Waals surface area contributed by atoms with Crippen LogP contribution in [0.5, 0.6) is 0 Å². The monoisotopic (exact) mass is 431 g/mol. The zero-order valence-electron chi connectivity index (χ0n) is 17.8. The molecule has 0 saturated heterocycles. The number of rotatable bonds is 6. The molecule has 1 fully saturated rings. The van der Waals surface area contributed by atoms with Crippen LogP contribution in [0.15, 0.2) is 71.5 Å². The van der Waals surface area contributed by atoms with Crippen molar-refractivity contribution in [3.05, 3.63) is 99.8 Å². The van der Waals surface area contributed by atoms with Crippen LogP contribution < -0.4 is 5.56 Å². The predicted octanol–water partition coefficient (Wildman–Crippen LogP) is 5.27. The molecule has 1 aliphatic carbocycles. The fourth-order valence-electron chi connectivity index (χ4n) is 4.03. The number of halogens is 2. The summed E-state index contributed by atoms with van der Waals surface area (Å²) in [6.45, 7) is 2.56. The van der Waals surface area contributed by atoms with E-state index in [1.165, 1.54) is 16.8 Å². The molecule has 1 saturated carbocycles. The molecule has 1 heterocycles. The van der Waals surface area contributed by atoms with Crippen molar-refractivity contribution in [2.24, 2.45) is 0 Å². The molecule has 0 amide bonds. The maximum atomic E-state index is 14.3. The Hall–Kier alpha value is -3.38. The van der Waals surface area contributed by atoms with E-state index in [0.717, 1.165) is 41.1 Å². The number of aromatic nitrogens is 2. The molecule has 0 bridgehead atoms. The summed E-state index contributed by atoms with van der Waals surface area (Å²) in [5, 5.41) is 6.14. The van der Waals surface area contributed by atoms with Gasteiger partial charge in [-0.05, 0) is 31.9 Å². The van der Waals surface area contributed by atoms with Crippen molar-refractivity contribution in [1.82, 2.24) is 14.7 Å². The highest BCUT2D eigenvalue weighted by molar-refractivity contribution is 5.93. The van der Waals surface area contributed by atoms with E-state index < -0.39 is 11.6 Å². The van der Waals surface area contributed by atoms with Crippen molar-refractivity contribution in [2.45, 2.75) is 39.0 Å². The molecule has 0 N–H and O–H groups in total. The summed E-state index contributed by atoms with van der Waals surface area (Å²) in [4.78, 5) is 15.3. The second-order valence-electron chi connectivity index (χ2n) is 8.42. The van der Waals surface area contributed by atoms with Crippen LogP contribution in [0, 0.1) is 18.6 Å². The first-order valence-electron chi connectivity index (χ1n) is 10.7. The third-order valence-electron chi connectivity index (χ3n) is 5.96. The van der Waals surface area contributed by atoms with E-state index in [1.54, 1.807) is 0 Å². The fourth-order valence-corrected chi connectivity index (χ4v) is 4.03. The van der Waals surface area contributed by atoms with E-state index >= 15 is 0 Å². The summed E-state index contributed by atoms with van der Waals surface area (Å²) in [6, 6.07) is 19.4. The molecule has 3 aromatic carbocycles. The molecule has 0 radical (unpaired) electrons. The molecule has 0 spiro atoms. The minimum Gasteiger partial charge on any atom is -0.277 e. The summed E-state index contributed by atoms with van der Waals surface area (Å²) in [7, 11) is 0. The first-order chi connectivity index (χ1) is 15.5. The Balaban J connectivity index is 1.56. The van der Waals surface area contributed by atoms with Gasteiger partial charge in [-0.1, -0.05) is 54.1 Å². The third kappa shape index (κ3) is 4.06. The van der Waals surface area contributed by atoms with Gasteiger partial charge in [0.1, 0.15) is 11.6 Å². The van der Waals surface area contributed by atoms with Crippen molar-refractivity contribution in [3.63, 3.8) is 0 Å². The van der Waals surface area contributed by atoms with E-state index in [0.29, 0.717) is 10.9 Å². The Morgan fingerprint density at radius 1 is 1.00 bits per heavy atom. The smallest absolute Gasteiger partial charge is 0.275 e. The van der Waals surface area contributed by atoms with Gasteiger partial charge in [-0.15, -0.1) is 0 Å². The quantitative estimate of drug-likeness (QED) is 0.417. The number of aryl methyl sites for hydroxylation is 1. The Morgan fingerprint density at radius 3 is 2.41 bits per heavy atom. The van der Waals surface area contributed by atoms with Crippen molar-refractivity contribution in [2.75, 3.05) is 0 Å². The van der Waals surface area contributed by atoms with Gasteiger partial charge >= 0.3 is 0 Å². The lowest BCUT2D eigenvalue weighted by atomic mass is 10.0. The SMILES string of the molecule is Cc1ccc(-c2nn(CN(Cc3ccc(F)cc3F)C3CC3)c(=O)c3ccccc23)cc1. The van der Waals surface area contributed by atoms with Gasteiger partial charge in [-0.3, -0.25) is 9.69 Å². The van der Waals surface area contributed by atoms with E-state index in [1.807, 2.05) is 60.4 Å².